The van der Waals surface area contributed by atoms with Gasteiger partial charge in [0.15, 0.2) is 0 Å². The second-order valence-corrected chi connectivity index (χ2v) is 8.56. The molecule has 0 bridgehead atoms. The number of nitrogens with zero attached hydrogens (tertiary/aromatic N) is 2. The maximum atomic E-state index is 15.4. The molecule has 1 aromatic heterocycles. The number of carboxylic acids is 1. The zero-order valence-corrected chi connectivity index (χ0v) is 19.6. The maximum absolute atomic E-state index is 15.4. The summed E-state index contributed by atoms with van der Waals surface area (Å²) < 4.78 is 15.4. The van der Waals surface area contributed by atoms with E-state index in [1.807, 2.05) is 55.5 Å². The minimum atomic E-state index is -1.06. The fourth-order valence-electron chi connectivity index (χ4n) is 4.52. The lowest BCUT2D eigenvalue weighted by Gasteiger charge is -2.36. The predicted octanol–water partition coefficient (Wildman–Crippen LogP) is 6.73. The van der Waals surface area contributed by atoms with Gasteiger partial charge in [-0.05, 0) is 52.9 Å². The molecule has 5 nitrogen and oxygen atoms in total. The van der Waals surface area contributed by atoms with Crippen molar-refractivity contribution in [1.29, 1.82) is 0 Å². The molecule has 176 valence electrons. The number of oxime groups is 1. The van der Waals surface area contributed by atoms with Gasteiger partial charge in [0.25, 0.3) is 0 Å². The molecule has 0 unspecified atom stereocenters. The molecule has 0 aliphatic heterocycles. The first-order valence-electron chi connectivity index (χ1n) is 10.8. The van der Waals surface area contributed by atoms with Crippen LogP contribution < -0.4 is 0 Å². The lowest BCUT2D eigenvalue weighted by molar-refractivity contribution is 0.0697. The first-order chi connectivity index (χ1) is 16.9. The van der Waals surface area contributed by atoms with Crippen molar-refractivity contribution in [3.8, 4) is 11.1 Å². The molecular formula is C28H22ClFN2O3. The van der Waals surface area contributed by atoms with Crippen LogP contribution in [-0.4, -0.2) is 27.5 Å². The van der Waals surface area contributed by atoms with Gasteiger partial charge in [-0.3, -0.25) is 0 Å². The molecule has 3 aromatic carbocycles. The number of pyridine rings is 1. The van der Waals surface area contributed by atoms with Crippen LogP contribution in [0.5, 0.6) is 0 Å². The molecular weight excluding hydrogens is 467 g/mol. The first kappa shape index (κ1) is 24.1. The van der Waals surface area contributed by atoms with E-state index in [1.54, 1.807) is 24.3 Å². The van der Waals surface area contributed by atoms with E-state index < -0.39 is 17.2 Å². The van der Waals surface area contributed by atoms with Crippen LogP contribution in [0.3, 0.4) is 0 Å². The summed E-state index contributed by atoms with van der Waals surface area (Å²) in [6, 6.07) is 23.3. The predicted molar refractivity (Wildman–Crippen MR) is 134 cm³/mol. The van der Waals surface area contributed by atoms with E-state index in [4.69, 9.17) is 16.7 Å². The Balaban J connectivity index is 1.93. The lowest BCUT2D eigenvalue weighted by atomic mass is 9.66. The van der Waals surface area contributed by atoms with Crippen molar-refractivity contribution in [2.24, 2.45) is 5.16 Å². The Kier molecular flexibility index (Phi) is 6.94. The van der Waals surface area contributed by atoms with Gasteiger partial charge < -0.3 is 10.3 Å². The van der Waals surface area contributed by atoms with Crippen molar-refractivity contribution in [3.05, 3.63) is 124 Å². The number of aryl methyl sites for hydroxylation is 1. The molecule has 0 saturated carbocycles. The van der Waals surface area contributed by atoms with Crippen molar-refractivity contribution in [2.45, 2.75) is 18.8 Å². The smallest absolute Gasteiger partial charge is 0.335 e. The molecule has 1 heterocycles. The largest absolute Gasteiger partial charge is 0.478 e. The van der Waals surface area contributed by atoms with E-state index in [-0.39, 0.29) is 17.1 Å². The normalized spacial score (nSPS) is 13.0. The molecule has 7 heteroatoms. The van der Waals surface area contributed by atoms with E-state index in [2.05, 4.69) is 10.1 Å². The van der Waals surface area contributed by atoms with Crippen molar-refractivity contribution >= 4 is 23.8 Å². The van der Waals surface area contributed by atoms with Crippen LogP contribution >= 0.6 is 11.6 Å². The van der Waals surface area contributed by atoms with E-state index in [1.165, 1.54) is 12.3 Å². The van der Waals surface area contributed by atoms with Gasteiger partial charge in [-0.25, -0.2) is 14.2 Å². The molecule has 0 aliphatic rings. The third-order valence-corrected chi connectivity index (χ3v) is 6.42. The quantitative estimate of drug-likeness (QED) is 0.131. The summed E-state index contributed by atoms with van der Waals surface area (Å²) in [5.74, 6) is -1.52. The number of benzene rings is 3. The molecule has 4 rings (SSSR count). The van der Waals surface area contributed by atoms with Crippen LogP contribution in [0.25, 0.3) is 11.1 Å². The number of carboxylic acid groups (broad SMARTS) is 1. The van der Waals surface area contributed by atoms with Crippen molar-refractivity contribution in [2.75, 3.05) is 0 Å². The summed E-state index contributed by atoms with van der Waals surface area (Å²) >= 11 is 6.21. The lowest BCUT2D eigenvalue weighted by Crippen LogP contribution is -2.32. The second kappa shape index (κ2) is 10.1. The van der Waals surface area contributed by atoms with Crippen LogP contribution in [-0.2, 0) is 5.41 Å². The highest BCUT2D eigenvalue weighted by atomic mass is 35.5. The highest BCUT2D eigenvalue weighted by molar-refractivity contribution is 6.29. The molecule has 0 aliphatic carbocycles. The number of aromatic carboxylic acids is 1. The minimum absolute atomic E-state index is 0.149. The number of rotatable bonds is 7. The van der Waals surface area contributed by atoms with Gasteiger partial charge in [-0.2, -0.15) is 0 Å². The average molecular weight is 489 g/mol. The molecule has 35 heavy (non-hydrogen) atoms. The number of halogens is 2. The van der Waals surface area contributed by atoms with Gasteiger partial charge >= 0.3 is 5.97 Å². The average Bonchev–Trinajstić information content (AvgIpc) is 2.87. The van der Waals surface area contributed by atoms with Gasteiger partial charge in [-0.15, -0.1) is 5.16 Å². The summed E-state index contributed by atoms with van der Waals surface area (Å²) in [5.41, 5.74) is 3.70. The third kappa shape index (κ3) is 4.66. The number of aromatic nitrogens is 1. The van der Waals surface area contributed by atoms with Gasteiger partial charge in [-0.1, -0.05) is 72.3 Å². The Morgan fingerprint density at radius 3 is 2.26 bits per heavy atom. The van der Waals surface area contributed by atoms with Crippen LogP contribution in [0, 0.1) is 12.7 Å². The molecule has 2 N–H and O–H groups in total. The summed E-state index contributed by atoms with van der Waals surface area (Å²) in [6.07, 6.45) is 2.61. The van der Waals surface area contributed by atoms with Gasteiger partial charge in [0, 0.05) is 18.2 Å². The number of hydrogen-bond acceptors (Lipinski definition) is 4. The third-order valence-electron chi connectivity index (χ3n) is 6.21. The molecule has 0 radical (unpaired) electrons. The Labute approximate surface area is 207 Å². The van der Waals surface area contributed by atoms with Crippen LogP contribution in [0.1, 0.15) is 39.0 Å². The Morgan fingerprint density at radius 2 is 1.66 bits per heavy atom. The molecule has 0 amide bonds. The first-order valence-corrected chi connectivity index (χ1v) is 11.2. The SMILES string of the molecule is Cc1ccccc1[C@@](C/C=N/O)(c1ccc(-c2ccc(C(=O)O)cc2)cc1)c1cc(Cl)ncc1F. The zero-order chi connectivity index (χ0) is 25.0. The highest BCUT2D eigenvalue weighted by Gasteiger charge is 2.39. The Morgan fingerprint density at radius 1 is 1.03 bits per heavy atom. The Hall–Kier alpha value is -4.03. The van der Waals surface area contributed by atoms with E-state index in [0.717, 1.165) is 34.0 Å². The van der Waals surface area contributed by atoms with Crippen LogP contribution in [0.15, 0.2) is 90.2 Å². The van der Waals surface area contributed by atoms with Gasteiger partial charge in [0.1, 0.15) is 11.0 Å². The fourth-order valence-corrected chi connectivity index (χ4v) is 4.67. The van der Waals surface area contributed by atoms with Crippen LogP contribution in [0.4, 0.5) is 4.39 Å². The number of hydrogen-bond donors (Lipinski definition) is 2. The van der Waals surface area contributed by atoms with Gasteiger partial charge in [0.05, 0.1) is 17.2 Å². The summed E-state index contributed by atoms with van der Waals surface area (Å²) in [4.78, 5) is 15.0. The van der Waals surface area contributed by atoms with Crippen molar-refractivity contribution in [3.63, 3.8) is 0 Å². The van der Waals surface area contributed by atoms with Crippen LogP contribution in [0.2, 0.25) is 5.15 Å². The van der Waals surface area contributed by atoms with Gasteiger partial charge in [0.2, 0.25) is 0 Å². The van der Waals surface area contributed by atoms with E-state index >= 15 is 4.39 Å². The van der Waals surface area contributed by atoms with Crippen molar-refractivity contribution in [1.82, 2.24) is 4.98 Å². The molecule has 0 spiro atoms. The molecule has 4 aromatic rings. The zero-order valence-electron chi connectivity index (χ0n) is 18.8. The fraction of sp³-hybridized carbons (Fsp3) is 0.107. The minimum Gasteiger partial charge on any atom is -0.478 e. The molecule has 1 atom stereocenters. The topological polar surface area (TPSA) is 82.8 Å². The summed E-state index contributed by atoms with van der Waals surface area (Å²) in [7, 11) is 0. The summed E-state index contributed by atoms with van der Waals surface area (Å²) in [6.45, 7) is 1.94. The molecule has 0 fully saturated rings. The monoisotopic (exact) mass is 488 g/mol. The summed E-state index contributed by atoms with van der Waals surface area (Å²) in [5, 5.41) is 21.8. The maximum Gasteiger partial charge on any atom is 0.335 e. The Bertz CT molecular complexity index is 1390. The van der Waals surface area contributed by atoms with Crippen molar-refractivity contribution < 1.29 is 19.5 Å². The second-order valence-electron chi connectivity index (χ2n) is 8.17. The van der Waals surface area contributed by atoms with E-state index in [0.29, 0.717) is 5.56 Å². The van der Waals surface area contributed by atoms with E-state index in [9.17, 15) is 10.0 Å². The standard InChI is InChI=1S/C28H22ClFN2O3/c1-18-4-2-3-5-23(18)28(14-15-32-35,24-16-26(29)31-17-25(24)30)22-12-10-20(11-13-22)19-6-8-21(9-7-19)27(33)34/h2-13,15-17,35H,14H2,1H3,(H,33,34)/b32-15+/t28-/m1/s1. The number of carbonyl (C=O) groups is 1. The highest BCUT2D eigenvalue weighted by Crippen LogP contribution is 2.45. The molecule has 0 saturated heterocycles.